The summed E-state index contributed by atoms with van der Waals surface area (Å²) in [5, 5.41) is 6.63. The molecule has 0 radical (unpaired) electrons. The topological polar surface area (TPSA) is 54.9 Å². The van der Waals surface area contributed by atoms with Crippen molar-refractivity contribution in [1.29, 1.82) is 0 Å². The Bertz CT molecular complexity index is 477. The molecule has 2 N–H and O–H groups in total. The number of rotatable bonds is 7. The van der Waals surface area contributed by atoms with Crippen LogP contribution in [0, 0.1) is 0 Å². The summed E-state index contributed by atoms with van der Waals surface area (Å²) in [4.78, 5) is 4.65. The SMILES string of the molecule is CCNC(=NCc1ccccc1OCC)NCC1CCCO1.I. The van der Waals surface area contributed by atoms with Crippen molar-refractivity contribution in [3.8, 4) is 5.75 Å². The molecular formula is C17H28IN3O2. The van der Waals surface area contributed by atoms with Crippen molar-refractivity contribution < 1.29 is 9.47 Å². The van der Waals surface area contributed by atoms with Gasteiger partial charge in [0, 0.05) is 25.3 Å². The zero-order valence-electron chi connectivity index (χ0n) is 14.0. The number of ether oxygens (including phenoxy) is 2. The molecule has 5 nitrogen and oxygen atoms in total. The maximum absolute atomic E-state index is 5.64. The molecule has 1 aromatic carbocycles. The predicted octanol–water partition coefficient (Wildman–Crippen LogP) is 2.94. The highest BCUT2D eigenvalue weighted by Gasteiger charge is 2.15. The quantitative estimate of drug-likeness (QED) is 0.395. The maximum Gasteiger partial charge on any atom is 0.191 e. The largest absolute Gasteiger partial charge is 0.494 e. The van der Waals surface area contributed by atoms with Gasteiger partial charge in [-0.05, 0) is 32.8 Å². The van der Waals surface area contributed by atoms with Crippen molar-refractivity contribution in [2.45, 2.75) is 39.3 Å². The molecule has 0 aliphatic carbocycles. The van der Waals surface area contributed by atoms with Crippen molar-refractivity contribution in [3.05, 3.63) is 29.8 Å². The lowest BCUT2D eigenvalue weighted by Crippen LogP contribution is -2.41. The van der Waals surface area contributed by atoms with Gasteiger partial charge < -0.3 is 20.1 Å². The van der Waals surface area contributed by atoms with Crippen LogP contribution in [0.1, 0.15) is 32.3 Å². The van der Waals surface area contributed by atoms with Gasteiger partial charge in [-0.15, -0.1) is 24.0 Å². The number of halogens is 1. The zero-order chi connectivity index (χ0) is 15.6. The fourth-order valence-corrected chi connectivity index (χ4v) is 2.45. The first kappa shape index (κ1) is 20.0. The molecule has 23 heavy (non-hydrogen) atoms. The fraction of sp³-hybridized carbons (Fsp3) is 0.588. The third kappa shape index (κ3) is 6.95. The van der Waals surface area contributed by atoms with Gasteiger partial charge in [0.1, 0.15) is 5.75 Å². The molecule has 0 bridgehead atoms. The van der Waals surface area contributed by atoms with Crippen molar-refractivity contribution in [2.24, 2.45) is 4.99 Å². The lowest BCUT2D eigenvalue weighted by molar-refractivity contribution is 0.114. The zero-order valence-corrected chi connectivity index (χ0v) is 16.3. The van der Waals surface area contributed by atoms with E-state index in [0.717, 1.165) is 49.8 Å². The van der Waals surface area contributed by atoms with Gasteiger partial charge in [0.2, 0.25) is 0 Å². The van der Waals surface area contributed by atoms with Crippen LogP contribution < -0.4 is 15.4 Å². The Morgan fingerprint density at radius 1 is 1.30 bits per heavy atom. The molecule has 1 aromatic rings. The normalized spacial score (nSPS) is 17.5. The van der Waals surface area contributed by atoms with E-state index in [1.807, 2.05) is 25.1 Å². The van der Waals surface area contributed by atoms with Crippen molar-refractivity contribution in [1.82, 2.24) is 10.6 Å². The summed E-state index contributed by atoms with van der Waals surface area (Å²) in [6, 6.07) is 8.04. The molecule has 1 saturated heterocycles. The number of guanidine groups is 1. The molecule has 1 atom stereocenters. The van der Waals surface area contributed by atoms with E-state index in [1.165, 1.54) is 0 Å². The third-order valence-electron chi connectivity index (χ3n) is 3.55. The van der Waals surface area contributed by atoms with E-state index >= 15 is 0 Å². The number of hydrogen-bond acceptors (Lipinski definition) is 3. The highest BCUT2D eigenvalue weighted by molar-refractivity contribution is 14.0. The average Bonchev–Trinajstić information content (AvgIpc) is 3.05. The number of para-hydroxylation sites is 1. The van der Waals surface area contributed by atoms with Gasteiger partial charge in [-0.25, -0.2) is 4.99 Å². The first-order valence-corrected chi connectivity index (χ1v) is 8.18. The van der Waals surface area contributed by atoms with Gasteiger partial charge in [0.25, 0.3) is 0 Å². The van der Waals surface area contributed by atoms with Crippen LogP contribution in [0.25, 0.3) is 0 Å². The summed E-state index contributed by atoms with van der Waals surface area (Å²) in [5.74, 6) is 1.73. The molecule has 0 aromatic heterocycles. The second-order valence-corrected chi connectivity index (χ2v) is 5.25. The maximum atomic E-state index is 5.64. The molecule has 1 fully saturated rings. The number of nitrogens with one attached hydrogen (secondary N) is 2. The van der Waals surface area contributed by atoms with E-state index < -0.39 is 0 Å². The Labute approximate surface area is 156 Å². The van der Waals surface area contributed by atoms with Gasteiger partial charge in [-0.2, -0.15) is 0 Å². The highest BCUT2D eigenvalue weighted by Crippen LogP contribution is 2.18. The smallest absolute Gasteiger partial charge is 0.191 e. The Kier molecular flexibility index (Phi) is 10.0. The molecule has 0 spiro atoms. The van der Waals surface area contributed by atoms with Crippen LogP contribution in [0.5, 0.6) is 5.75 Å². The Morgan fingerprint density at radius 2 is 2.13 bits per heavy atom. The summed E-state index contributed by atoms with van der Waals surface area (Å²) < 4.78 is 11.3. The van der Waals surface area contributed by atoms with E-state index in [2.05, 4.69) is 28.6 Å². The second kappa shape index (κ2) is 11.5. The highest BCUT2D eigenvalue weighted by atomic mass is 127. The molecule has 2 rings (SSSR count). The van der Waals surface area contributed by atoms with Crippen LogP contribution in [0.3, 0.4) is 0 Å². The number of nitrogens with zero attached hydrogens (tertiary/aromatic N) is 1. The lowest BCUT2D eigenvalue weighted by Gasteiger charge is -2.15. The van der Waals surface area contributed by atoms with Crippen LogP contribution in [0.2, 0.25) is 0 Å². The van der Waals surface area contributed by atoms with E-state index in [9.17, 15) is 0 Å². The molecule has 6 heteroatoms. The van der Waals surface area contributed by atoms with E-state index in [-0.39, 0.29) is 24.0 Å². The van der Waals surface area contributed by atoms with Crippen LogP contribution in [-0.2, 0) is 11.3 Å². The summed E-state index contributed by atoms with van der Waals surface area (Å²) in [6.45, 7) is 7.84. The van der Waals surface area contributed by atoms with E-state index in [4.69, 9.17) is 9.47 Å². The minimum absolute atomic E-state index is 0. The first-order chi connectivity index (χ1) is 10.8. The van der Waals surface area contributed by atoms with Crippen molar-refractivity contribution in [2.75, 3.05) is 26.3 Å². The molecule has 130 valence electrons. The van der Waals surface area contributed by atoms with Gasteiger partial charge in [-0.1, -0.05) is 18.2 Å². The monoisotopic (exact) mass is 433 g/mol. The van der Waals surface area contributed by atoms with Gasteiger partial charge >= 0.3 is 0 Å². The van der Waals surface area contributed by atoms with E-state index in [1.54, 1.807) is 0 Å². The predicted molar refractivity (Wildman–Crippen MR) is 105 cm³/mol. The number of benzene rings is 1. The Hall–Kier alpha value is -1.02. The van der Waals surface area contributed by atoms with Crippen LogP contribution in [-0.4, -0.2) is 38.4 Å². The van der Waals surface area contributed by atoms with E-state index in [0.29, 0.717) is 19.3 Å². The van der Waals surface area contributed by atoms with Crippen molar-refractivity contribution >= 4 is 29.9 Å². The molecule has 1 aliphatic heterocycles. The van der Waals surface area contributed by atoms with Gasteiger partial charge in [0.15, 0.2) is 5.96 Å². The lowest BCUT2D eigenvalue weighted by atomic mass is 10.2. The number of aliphatic imine (C=N–C) groups is 1. The molecule has 0 amide bonds. The minimum Gasteiger partial charge on any atom is -0.494 e. The third-order valence-corrected chi connectivity index (χ3v) is 3.55. The summed E-state index contributed by atoms with van der Waals surface area (Å²) >= 11 is 0. The summed E-state index contributed by atoms with van der Waals surface area (Å²) in [7, 11) is 0. The fourth-order valence-electron chi connectivity index (χ4n) is 2.45. The summed E-state index contributed by atoms with van der Waals surface area (Å²) in [5.41, 5.74) is 1.10. The van der Waals surface area contributed by atoms with Crippen LogP contribution in [0.15, 0.2) is 29.3 Å². The molecular weight excluding hydrogens is 405 g/mol. The van der Waals surface area contributed by atoms with Crippen LogP contribution >= 0.6 is 24.0 Å². The minimum atomic E-state index is 0. The molecule has 0 saturated carbocycles. The standard InChI is InChI=1S/C17H27N3O2.HI/c1-3-18-17(20-13-15-9-7-11-22-15)19-12-14-8-5-6-10-16(14)21-4-2;/h5-6,8,10,15H,3-4,7,9,11-13H2,1-2H3,(H2,18,19,20);1H. The van der Waals surface area contributed by atoms with Crippen molar-refractivity contribution in [3.63, 3.8) is 0 Å². The molecule has 1 heterocycles. The summed E-state index contributed by atoms with van der Waals surface area (Å²) in [6.07, 6.45) is 2.58. The first-order valence-electron chi connectivity index (χ1n) is 8.18. The Balaban J connectivity index is 0.00000264. The van der Waals surface area contributed by atoms with Crippen LogP contribution in [0.4, 0.5) is 0 Å². The average molecular weight is 433 g/mol. The number of hydrogen-bond donors (Lipinski definition) is 2. The van der Waals surface area contributed by atoms with Gasteiger partial charge in [0.05, 0.1) is 19.3 Å². The second-order valence-electron chi connectivity index (χ2n) is 5.25. The molecule has 1 aliphatic rings. The Morgan fingerprint density at radius 3 is 2.83 bits per heavy atom. The van der Waals surface area contributed by atoms with Gasteiger partial charge in [-0.3, -0.25) is 0 Å². The molecule has 1 unspecified atom stereocenters.